The molecule has 0 saturated carbocycles. The van der Waals surface area contributed by atoms with Crippen molar-refractivity contribution in [1.29, 1.82) is 0 Å². The van der Waals surface area contributed by atoms with E-state index in [0.29, 0.717) is 6.04 Å². The van der Waals surface area contributed by atoms with E-state index in [2.05, 4.69) is 34.4 Å². The van der Waals surface area contributed by atoms with Crippen molar-refractivity contribution in [2.45, 2.75) is 31.7 Å². The number of piperidine rings is 1. The van der Waals surface area contributed by atoms with Gasteiger partial charge in [-0.15, -0.1) is 0 Å². The lowest BCUT2D eigenvalue weighted by molar-refractivity contribution is 0.264. The molecule has 0 aliphatic carbocycles. The predicted octanol–water partition coefficient (Wildman–Crippen LogP) is 1.70. The smallest absolute Gasteiger partial charge is 0.0270 e. The molecule has 1 N–H and O–H groups in total. The Kier molecular flexibility index (Phi) is 4.95. The molecular formula is C14H23N3. The van der Waals surface area contributed by atoms with Crippen molar-refractivity contribution in [3.05, 3.63) is 30.1 Å². The summed E-state index contributed by atoms with van der Waals surface area (Å²) in [6.07, 6.45) is 8.93. The summed E-state index contributed by atoms with van der Waals surface area (Å²) < 4.78 is 0. The number of aromatic nitrogens is 1. The maximum Gasteiger partial charge on any atom is 0.0270 e. The van der Waals surface area contributed by atoms with E-state index in [1.165, 1.54) is 37.9 Å². The third-order valence-electron chi connectivity index (χ3n) is 3.48. The maximum absolute atomic E-state index is 4.04. The normalized spacial score (nSPS) is 20.7. The van der Waals surface area contributed by atoms with E-state index in [1.807, 2.05) is 12.4 Å². The van der Waals surface area contributed by atoms with Gasteiger partial charge >= 0.3 is 0 Å². The molecule has 3 heteroatoms. The Morgan fingerprint density at radius 3 is 2.88 bits per heavy atom. The van der Waals surface area contributed by atoms with Gasteiger partial charge in [-0.2, -0.15) is 0 Å². The van der Waals surface area contributed by atoms with Gasteiger partial charge in [-0.05, 0) is 50.6 Å². The molecule has 1 aliphatic heterocycles. The minimum Gasteiger partial charge on any atom is -0.313 e. The third kappa shape index (κ3) is 4.44. The van der Waals surface area contributed by atoms with E-state index < -0.39 is 0 Å². The van der Waals surface area contributed by atoms with Crippen LogP contribution in [0.15, 0.2) is 24.5 Å². The number of nitrogens with zero attached hydrogens (tertiary/aromatic N) is 2. The molecule has 0 bridgehead atoms. The predicted molar refractivity (Wildman–Crippen MR) is 71.1 cm³/mol. The van der Waals surface area contributed by atoms with Gasteiger partial charge in [0.1, 0.15) is 0 Å². The average molecular weight is 233 g/mol. The quantitative estimate of drug-likeness (QED) is 0.839. The first-order valence-corrected chi connectivity index (χ1v) is 6.65. The standard InChI is InChI=1S/C14H23N3/c1-17(12-14-4-2-3-8-16-14)11-7-13-5-9-15-10-6-13/h5-6,9-10,14,16H,2-4,7-8,11-12H2,1H3. The second-order valence-corrected chi connectivity index (χ2v) is 5.01. The first kappa shape index (κ1) is 12.5. The summed E-state index contributed by atoms with van der Waals surface area (Å²) in [5, 5.41) is 3.60. The first-order chi connectivity index (χ1) is 8.34. The topological polar surface area (TPSA) is 28.2 Å². The summed E-state index contributed by atoms with van der Waals surface area (Å²) >= 11 is 0. The fraction of sp³-hybridized carbons (Fsp3) is 0.643. The summed E-state index contributed by atoms with van der Waals surface area (Å²) in [5.74, 6) is 0. The highest BCUT2D eigenvalue weighted by molar-refractivity contribution is 5.09. The summed E-state index contributed by atoms with van der Waals surface area (Å²) in [4.78, 5) is 6.48. The van der Waals surface area contributed by atoms with Crippen LogP contribution in [0.25, 0.3) is 0 Å². The fourth-order valence-electron chi connectivity index (χ4n) is 2.42. The van der Waals surface area contributed by atoms with E-state index in [9.17, 15) is 0 Å². The minimum atomic E-state index is 0.700. The van der Waals surface area contributed by atoms with Crippen molar-refractivity contribution in [3.63, 3.8) is 0 Å². The number of hydrogen-bond donors (Lipinski definition) is 1. The Morgan fingerprint density at radius 2 is 2.18 bits per heavy atom. The Bertz CT molecular complexity index is 307. The largest absolute Gasteiger partial charge is 0.313 e. The summed E-state index contributed by atoms with van der Waals surface area (Å²) in [6.45, 7) is 3.50. The van der Waals surface area contributed by atoms with Gasteiger partial charge in [0.15, 0.2) is 0 Å². The summed E-state index contributed by atoms with van der Waals surface area (Å²) in [7, 11) is 2.22. The van der Waals surface area contributed by atoms with Crippen LogP contribution in [0.5, 0.6) is 0 Å². The lowest BCUT2D eigenvalue weighted by Crippen LogP contribution is -2.42. The van der Waals surface area contributed by atoms with E-state index >= 15 is 0 Å². The van der Waals surface area contributed by atoms with Crippen LogP contribution in [0, 0.1) is 0 Å². The van der Waals surface area contributed by atoms with E-state index in [4.69, 9.17) is 0 Å². The highest BCUT2D eigenvalue weighted by atomic mass is 15.1. The van der Waals surface area contributed by atoms with Gasteiger partial charge in [-0.25, -0.2) is 0 Å². The second kappa shape index (κ2) is 6.72. The lowest BCUT2D eigenvalue weighted by Gasteiger charge is -2.28. The van der Waals surface area contributed by atoms with Crippen molar-refractivity contribution in [3.8, 4) is 0 Å². The molecule has 0 amide bonds. The van der Waals surface area contributed by atoms with Crippen LogP contribution in [0.4, 0.5) is 0 Å². The van der Waals surface area contributed by atoms with Crippen LogP contribution >= 0.6 is 0 Å². The molecule has 1 aliphatic rings. The van der Waals surface area contributed by atoms with Crippen LogP contribution < -0.4 is 5.32 Å². The van der Waals surface area contributed by atoms with Crippen LogP contribution in [0.2, 0.25) is 0 Å². The van der Waals surface area contributed by atoms with Gasteiger partial charge in [-0.3, -0.25) is 4.98 Å². The Balaban J connectivity index is 1.68. The monoisotopic (exact) mass is 233 g/mol. The Labute approximate surface area is 104 Å². The molecule has 2 rings (SSSR count). The molecule has 1 atom stereocenters. The fourth-order valence-corrected chi connectivity index (χ4v) is 2.42. The molecule has 1 saturated heterocycles. The molecule has 17 heavy (non-hydrogen) atoms. The molecule has 1 aromatic rings. The van der Waals surface area contributed by atoms with Crippen molar-refractivity contribution in [2.75, 3.05) is 26.7 Å². The van der Waals surface area contributed by atoms with E-state index in [0.717, 1.165) is 13.0 Å². The summed E-state index contributed by atoms with van der Waals surface area (Å²) in [6, 6.07) is 4.91. The molecule has 0 aromatic carbocycles. The van der Waals surface area contributed by atoms with Crippen molar-refractivity contribution in [1.82, 2.24) is 15.2 Å². The van der Waals surface area contributed by atoms with Gasteiger partial charge in [0, 0.05) is 31.5 Å². The second-order valence-electron chi connectivity index (χ2n) is 5.01. The van der Waals surface area contributed by atoms with E-state index in [-0.39, 0.29) is 0 Å². The number of hydrogen-bond acceptors (Lipinski definition) is 3. The van der Waals surface area contributed by atoms with Crippen molar-refractivity contribution >= 4 is 0 Å². The highest BCUT2D eigenvalue weighted by Gasteiger charge is 2.14. The molecule has 0 spiro atoms. The molecular weight excluding hydrogens is 210 g/mol. The molecule has 3 nitrogen and oxygen atoms in total. The van der Waals surface area contributed by atoms with Crippen LogP contribution in [0.3, 0.4) is 0 Å². The zero-order valence-electron chi connectivity index (χ0n) is 10.7. The lowest BCUT2D eigenvalue weighted by atomic mass is 10.0. The molecule has 2 heterocycles. The molecule has 1 fully saturated rings. The highest BCUT2D eigenvalue weighted by Crippen LogP contribution is 2.08. The third-order valence-corrected chi connectivity index (χ3v) is 3.48. The zero-order valence-corrected chi connectivity index (χ0v) is 10.7. The van der Waals surface area contributed by atoms with Gasteiger partial charge in [0.25, 0.3) is 0 Å². The van der Waals surface area contributed by atoms with E-state index in [1.54, 1.807) is 0 Å². The van der Waals surface area contributed by atoms with Gasteiger partial charge in [0.2, 0.25) is 0 Å². The molecule has 1 unspecified atom stereocenters. The van der Waals surface area contributed by atoms with Gasteiger partial charge < -0.3 is 10.2 Å². The number of rotatable bonds is 5. The minimum absolute atomic E-state index is 0.700. The van der Waals surface area contributed by atoms with Crippen molar-refractivity contribution < 1.29 is 0 Å². The molecule has 94 valence electrons. The van der Waals surface area contributed by atoms with Crippen molar-refractivity contribution in [2.24, 2.45) is 0 Å². The average Bonchev–Trinajstić information content (AvgIpc) is 2.39. The summed E-state index contributed by atoms with van der Waals surface area (Å²) in [5.41, 5.74) is 1.38. The van der Waals surface area contributed by atoms with Crippen LogP contribution in [0.1, 0.15) is 24.8 Å². The van der Waals surface area contributed by atoms with Gasteiger partial charge in [-0.1, -0.05) is 6.42 Å². The van der Waals surface area contributed by atoms with Gasteiger partial charge in [0.05, 0.1) is 0 Å². The zero-order chi connectivity index (χ0) is 11.9. The SMILES string of the molecule is CN(CCc1ccncc1)CC1CCCCN1. The van der Waals surface area contributed by atoms with Crippen LogP contribution in [-0.2, 0) is 6.42 Å². The Hall–Kier alpha value is -0.930. The maximum atomic E-state index is 4.04. The first-order valence-electron chi connectivity index (χ1n) is 6.65. The molecule has 0 radical (unpaired) electrons. The van der Waals surface area contributed by atoms with Crippen LogP contribution in [-0.4, -0.2) is 42.6 Å². The molecule has 1 aromatic heterocycles. The number of likely N-dealkylation sites (N-methyl/N-ethyl adjacent to an activating group) is 1. The number of pyridine rings is 1. The number of nitrogens with one attached hydrogen (secondary N) is 1. The Morgan fingerprint density at radius 1 is 1.35 bits per heavy atom.